The van der Waals surface area contributed by atoms with E-state index in [4.69, 9.17) is 4.74 Å². The molecule has 0 unspecified atom stereocenters. The number of carboxylic acid groups (broad SMARTS) is 1. The minimum Gasteiger partial charge on any atom is -0.496 e. The molecule has 1 aromatic carbocycles. The number of pyridine rings is 1. The van der Waals surface area contributed by atoms with Crippen LogP contribution in [0.25, 0.3) is 0 Å². The van der Waals surface area contributed by atoms with Crippen LogP contribution < -0.4 is 10.1 Å². The second kappa shape index (κ2) is 12.0. The summed E-state index contributed by atoms with van der Waals surface area (Å²) in [5.41, 5.74) is 0.591. The summed E-state index contributed by atoms with van der Waals surface area (Å²) in [4.78, 5) is 33.3. The number of aryl methyl sites for hydroxylation is 1. The van der Waals surface area contributed by atoms with Crippen molar-refractivity contribution in [2.45, 2.75) is 90.6 Å². The molecule has 0 bridgehead atoms. The lowest BCUT2D eigenvalue weighted by Gasteiger charge is -2.36. The molecule has 4 rings (SSSR count). The zero-order chi connectivity index (χ0) is 30.1. The predicted molar refractivity (Wildman–Crippen MR) is 148 cm³/mol. The van der Waals surface area contributed by atoms with E-state index in [1.807, 2.05) is 33.8 Å². The van der Waals surface area contributed by atoms with Gasteiger partial charge in [-0.25, -0.2) is 4.79 Å². The summed E-state index contributed by atoms with van der Waals surface area (Å²) in [6, 6.07) is 4.75. The van der Waals surface area contributed by atoms with Gasteiger partial charge in [0.1, 0.15) is 11.8 Å². The Balaban J connectivity index is 1.81. The van der Waals surface area contributed by atoms with Gasteiger partial charge >= 0.3 is 12.1 Å². The molecule has 2 aliphatic rings. The summed E-state index contributed by atoms with van der Waals surface area (Å²) < 4.78 is 45.4. The van der Waals surface area contributed by atoms with E-state index in [9.17, 15) is 27.9 Å². The molecule has 1 amide bonds. The maximum atomic E-state index is 14.2. The minimum absolute atomic E-state index is 0.0802. The number of hydrogen-bond donors (Lipinski definition) is 2. The van der Waals surface area contributed by atoms with Gasteiger partial charge < -0.3 is 20.1 Å². The van der Waals surface area contributed by atoms with Gasteiger partial charge in [0.2, 0.25) is 5.91 Å². The number of methoxy groups -OCH3 is 1. The van der Waals surface area contributed by atoms with Gasteiger partial charge in [0.15, 0.2) is 0 Å². The van der Waals surface area contributed by atoms with E-state index in [0.29, 0.717) is 11.3 Å². The van der Waals surface area contributed by atoms with Crippen LogP contribution in [0.15, 0.2) is 36.5 Å². The summed E-state index contributed by atoms with van der Waals surface area (Å²) in [6.45, 7) is 7.84. The van der Waals surface area contributed by atoms with E-state index in [2.05, 4.69) is 10.3 Å². The fourth-order valence-corrected chi connectivity index (χ4v) is 6.72. The Hall–Kier alpha value is -3.14. The number of nitrogens with one attached hydrogen (secondary N) is 1. The number of amides is 1. The highest BCUT2D eigenvalue weighted by molar-refractivity contribution is 5.87. The van der Waals surface area contributed by atoms with Gasteiger partial charge in [-0.2, -0.15) is 13.2 Å². The van der Waals surface area contributed by atoms with Crippen LogP contribution in [0.5, 0.6) is 5.75 Å². The first-order valence-corrected chi connectivity index (χ1v) is 14.2. The Morgan fingerprint density at radius 3 is 2.37 bits per heavy atom. The molecule has 224 valence electrons. The van der Waals surface area contributed by atoms with Gasteiger partial charge in [0, 0.05) is 41.9 Å². The van der Waals surface area contributed by atoms with Crippen LogP contribution in [-0.4, -0.2) is 46.1 Å². The number of rotatable bonds is 7. The number of aliphatic carboxylic acids is 1. The van der Waals surface area contributed by atoms with Crippen LogP contribution in [-0.2, 0) is 22.3 Å². The molecule has 2 fully saturated rings. The highest BCUT2D eigenvalue weighted by Gasteiger charge is 2.58. The lowest BCUT2D eigenvalue weighted by Crippen LogP contribution is -2.49. The van der Waals surface area contributed by atoms with Crippen molar-refractivity contribution in [1.82, 2.24) is 15.2 Å². The van der Waals surface area contributed by atoms with Crippen LogP contribution in [0.1, 0.15) is 81.3 Å². The van der Waals surface area contributed by atoms with E-state index in [0.717, 1.165) is 49.8 Å². The average molecular weight is 576 g/mol. The highest BCUT2D eigenvalue weighted by Crippen LogP contribution is 2.50. The van der Waals surface area contributed by atoms with Gasteiger partial charge in [-0.1, -0.05) is 52.2 Å². The van der Waals surface area contributed by atoms with Gasteiger partial charge in [-0.3, -0.25) is 9.78 Å². The zero-order valence-corrected chi connectivity index (χ0v) is 24.3. The SMILES string of the molecule is COc1cc(C(F)(F)F)ccc1CN[C@H]1[C@H](C(C)(C)C)[C@@H](C(=O)O)N(C(=O)C2CCCCC2)[C@H]1c1cccnc1C. The number of carbonyl (C=O) groups is 2. The molecule has 1 saturated carbocycles. The van der Waals surface area contributed by atoms with E-state index in [1.165, 1.54) is 13.2 Å². The Labute approximate surface area is 239 Å². The standard InChI is InChI=1S/C31H40F3N3O4/c1-18-22(12-9-15-35-18)26-25(36-17-20-13-14-21(31(32,33)34)16-23(20)41-5)24(30(2,3)4)27(29(39)40)37(26)28(38)19-10-7-6-8-11-19/h9,12-16,19,24-27,36H,6-8,10-11,17H2,1-5H3,(H,39,40)/t24-,25-,26-,27-/m0/s1. The summed E-state index contributed by atoms with van der Waals surface area (Å²) in [5.74, 6) is -1.92. The first kappa shape index (κ1) is 30.8. The van der Waals surface area contributed by atoms with Crippen molar-refractivity contribution in [3.63, 3.8) is 0 Å². The number of benzene rings is 1. The third-order valence-electron chi connectivity index (χ3n) is 8.64. The molecule has 41 heavy (non-hydrogen) atoms. The average Bonchev–Trinajstić information content (AvgIpc) is 3.27. The van der Waals surface area contributed by atoms with Crippen molar-refractivity contribution < 1.29 is 32.6 Å². The van der Waals surface area contributed by atoms with Crippen LogP contribution in [0.4, 0.5) is 13.2 Å². The third kappa shape index (κ3) is 6.37. The quantitative estimate of drug-likeness (QED) is 0.411. The molecule has 10 heteroatoms. The molecular weight excluding hydrogens is 535 g/mol. The van der Waals surface area contributed by atoms with Crippen molar-refractivity contribution >= 4 is 11.9 Å². The monoisotopic (exact) mass is 575 g/mol. The predicted octanol–water partition coefficient (Wildman–Crippen LogP) is 6.15. The molecule has 0 spiro atoms. The molecule has 2 N–H and O–H groups in total. The van der Waals surface area contributed by atoms with Gasteiger partial charge in [-0.05, 0) is 48.9 Å². The van der Waals surface area contributed by atoms with Crippen LogP contribution in [0.3, 0.4) is 0 Å². The van der Waals surface area contributed by atoms with Crippen molar-refractivity contribution in [2.24, 2.45) is 17.3 Å². The lowest BCUT2D eigenvalue weighted by molar-refractivity contribution is -0.154. The number of alkyl halides is 3. The number of carbonyl (C=O) groups excluding carboxylic acids is 1. The van der Waals surface area contributed by atoms with Crippen molar-refractivity contribution in [2.75, 3.05) is 7.11 Å². The topological polar surface area (TPSA) is 91.8 Å². The number of carboxylic acids is 1. The van der Waals surface area contributed by atoms with E-state index in [-0.39, 0.29) is 24.1 Å². The molecule has 1 aliphatic heterocycles. The lowest BCUT2D eigenvalue weighted by atomic mass is 9.72. The molecule has 2 aromatic rings. The summed E-state index contributed by atoms with van der Waals surface area (Å²) >= 11 is 0. The highest BCUT2D eigenvalue weighted by atomic mass is 19.4. The fourth-order valence-electron chi connectivity index (χ4n) is 6.72. The Bertz CT molecular complexity index is 1250. The van der Waals surface area contributed by atoms with E-state index < -0.39 is 47.2 Å². The van der Waals surface area contributed by atoms with Crippen molar-refractivity contribution in [3.8, 4) is 5.75 Å². The number of ether oxygens (including phenoxy) is 1. The number of nitrogens with zero attached hydrogens (tertiary/aromatic N) is 2. The Kier molecular flexibility index (Phi) is 9.01. The van der Waals surface area contributed by atoms with Crippen molar-refractivity contribution in [3.05, 3.63) is 58.9 Å². The smallest absolute Gasteiger partial charge is 0.416 e. The fraction of sp³-hybridized carbons (Fsp3) is 0.581. The maximum absolute atomic E-state index is 14.2. The first-order chi connectivity index (χ1) is 19.3. The number of aromatic nitrogens is 1. The molecule has 1 aliphatic carbocycles. The largest absolute Gasteiger partial charge is 0.496 e. The Morgan fingerprint density at radius 1 is 1.12 bits per heavy atom. The molecule has 1 saturated heterocycles. The number of halogens is 3. The van der Waals surface area contributed by atoms with Crippen LogP contribution >= 0.6 is 0 Å². The summed E-state index contributed by atoms with van der Waals surface area (Å²) in [5, 5.41) is 14.1. The van der Waals surface area contributed by atoms with Gasteiger partial charge in [0.25, 0.3) is 0 Å². The second-order valence-corrected chi connectivity index (χ2v) is 12.3. The molecule has 0 radical (unpaired) electrons. The molecule has 1 aromatic heterocycles. The zero-order valence-electron chi connectivity index (χ0n) is 24.3. The minimum atomic E-state index is -4.51. The van der Waals surface area contributed by atoms with Gasteiger partial charge in [-0.15, -0.1) is 0 Å². The number of likely N-dealkylation sites (tertiary alicyclic amines) is 1. The first-order valence-electron chi connectivity index (χ1n) is 14.2. The second-order valence-electron chi connectivity index (χ2n) is 12.3. The van der Waals surface area contributed by atoms with E-state index >= 15 is 0 Å². The summed E-state index contributed by atoms with van der Waals surface area (Å²) in [7, 11) is 1.32. The number of hydrogen-bond acceptors (Lipinski definition) is 5. The van der Waals surface area contributed by atoms with Crippen molar-refractivity contribution in [1.29, 1.82) is 0 Å². The molecule has 4 atom stereocenters. The Morgan fingerprint density at radius 2 is 1.80 bits per heavy atom. The normalized spacial score (nSPS) is 24.0. The summed E-state index contributed by atoms with van der Waals surface area (Å²) in [6.07, 6.45) is 1.50. The van der Waals surface area contributed by atoms with E-state index in [1.54, 1.807) is 17.2 Å². The molecule has 2 heterocycles. The maximum Gasteiger partial charge on any atom is 0.416 e. The van der Waals surface area contributed by atoms with Crippen LogP contribution in [0, 0.1) is 24.2 Å². The third-order valence-corrected chi connectivity index (χ3v) is 8.64. The molecule has 7 nitrogen and oxygen atoms in total. The molecular formula is C31H40F3N3O4. The van der Waals surface area contributed by atoms with Gasteiger partial charge in [0.05, 0.1) is 18.7 Å². The van der Waals surface area contributed by atoms with Crippen LogP contribution in [0.2, 0.25) is 0 Å².